The smallest absolute Gasteiger partial charge is 0.153 e. The summed E-state index contributed by atoms with van der Waals surface area (Å²) < 4.78 is 7.01. The van der Waals surface area contributed by atoms with Gasteiger partial charge in [-0.15, -0.1) is 0 Å². The highest BCUT2D eigenvalue weighted by atomic mass is 16.4. The maximum absolute atomic E-state index is 9.93. The number of aromatic nitrogens is 2. The number of rotatable bonds is 3. The first-order valence-corrected chi connectivity index (χ1v) is 4.54. The van der Waals surface area contributed by atoms with Crippen LogP contribution in [0.15, 0.2) is 35.3 Å². The van der Waals surface area contributed by atoms with Crippen LogP contribution in [0.1, 0.15) is 24.5 Å². The van der Waals surface area contributed by atoms with Crippen LogP contribution in [-0.2, 0) is 6.54 Å². The lowest BCUT2D eigenvalue weighted by Gasteiger charge is -2.09. The van der Waals surface area contributed by atoms with Crippen LogP contribution in [0.4, 0.5) is 0 Å². The summed E-state index contributed by atoms with van der Waals surface area (Å²) >= 11 is 0. The fraction of sp³-hybridized carbons (Fsp3) is 0.300. The number of hydrogen-bond acceptors (Lipinski definition) is 3. The molecule has 4 nitrogen and oxygen atoms in total. The van der Waals surface area contributed by atoms with Crippen molar-refractivity contribution in [2.24, 2.45) is 0 Å². The third-order valence-corrected chi connectivity index (χ3v) is 2.18. The molecular formula is C10H12N2O2. The van der Waals surface area contributed by atoms with Crippen molar-refractivity contribution < 1.29 is 9.52 Å². The minimum atomic E-state index is -0.729. The van der Waals surface area contributed by atoms with Gasteiger partial charge in [0.2, 0.25) is 0 Å². The number of aliphatic hydroxyl groups excluding tert-OH is 1. The van der Waals surface area contributed by atoms with Gasteiger partial charge in [0.15, 0.2) is 6.10 Å². The predicted molar refractivity (Wildman–Crippen MR) is 50.7 cm³/mol. The number of nitrogens with zero attached hydrogens (tertiary/aromatic N) is 2. The molecule has 0 aliphatic carbocycles. The second kappa shape index (κ2) is 3.67. The summed E-state index contributed by atoms with van der Waals surface area (Å²) in [4.78, 5) is 3.99. The molecule has 2 aromatic heterocycles. The molecular weight excluding hydrogens is 180 g/mol. The second-order valence-corrected chi connectivity index (χ2v) is 3.02. The van der Waals surface area contributed by atoms with Gasteiger partial charge in [0.05, 0.1) is 24.5 Å². The van der Waals surface area contributed by atoms with Crippen molar-refractivity contribution in [2.45, 2.75) is 19.6 Å². The van der Waals surface area contributed by atoms with E-state index < -0.39 is 6.10 Å². The molecule has 0 spiro atoms. The zero-order chi connectivity index (χ0) is 9.97. The Hall–Kier alpha value is -1.55. The average Bonchev–Trinajstić information content (AvgIpc) is 2.87. The van der Waals surface area contributed by atoms with E-state index in [4.69, 9.17) is 4.42 Å². The molecule has 4 heteroatoms. The third kappa shape index (κ3) is 1.44. The Bertz CT molecular complexity index is 392. The van der Waals surface area contributed by atoms with E-state index in [1.807, 2.05) is 11.5 Å². The monoisotopic (exact) mass is 192 g/mol. The highest BCUT2D eigenvalue weighted by molar-refractivity contribution is 5.15. The van der Waals surface area contributed by atoms with E-state index in [1.54, 1.807) is 30.9 Å². The Morgan fingerprint density at radius 2 is 2.50 bits per heavy atom. The zero-order valence-electron chi connectivity index (χ0n) is 7.92. The first-order chi connectivity index (χ1) is 6.83. The van der Waals surface area contributed by atoms with Crippen molar-refractivity contribution >= 4 is 0 Å². The van der Waals surface area contributed by atoms with Crippen LogP contribution in [-0.4, -0.2) is 14.7 Å². The lowest BCUT2D eigenvalue weighted by Crippen LogP contribution is -2.06. The fourth-order valence-electron chi connectivity index (χ4n) is 1.42. The van der Waals surface area contributed by atoms with Crippen LogP contribution in [0.3, 0.4) is 0 Å². The van der Waals surface area contributed by atoms with E-state index in [1.165, 1.54) is 0 Å². The van der Waals surface area contributed by atoms with E-state index in [0.717, 1.165) is 12.2 Å². The van der Waals surface area contributed by atoms with Crippen LogP contribution in [0.5, 0.6) is 0 Å². The summed E-state index contributed by atoms with van der Waals surface area (Å²) in [7, 11) is 0. The molecule has 74 valence electrons. The normalized spacial score (nSPS) is 13.0. The van der Waals surface area contributed by atoms with Crippen LogP contribution in [0.2, 0.25) is 0 Å². The molecule has 1 unspecified atom stereocenters. The van der Waals surface area contributed by atoms with Crippen LogP contribution in [0.25, 0.3) is 0 Å². The Morgan fingerprint density at radius 3 is 3.14 bits per heavy atom. The molecule has 0 saturated carbocycles. The third-order valence-electron chi connectivity index (χ3n) is 2.18. The fourth-order valence-corrected chi connectivity index (χ4v) is 1.42. The van der Waals surface area contributed by atoms with E-state index >= 15 is 0 Å². The average molecular weight is 192 g/mol. The second-order valence-electron chi connectivity index (χ2n) is 3.02. The van der Waals surface area contributed by atoms with Gasteiger partial charge in [-0.25, -0.2) is 4.98 Å². The number of furan rings is 1. The summed E-state index contributed by atoms with van der Waals surface area (Å²) in [5.41, 5.74) is 0.752. The maximum atomic E-state index is 9.93. The van der Waals surface area contributed by atoms with Crippen molar-refractivity contribution in [3.05, 3.63) is 42.4 Å². The Balaban J connectivity index is 2.31. The Kier molecular flexibility index (Phi) is 2.37. The quantitative estimate of drug-likeness (QED) is 0.803. The van der Waals surface area contributed by atoms with Gasteiger partial charge in [-0.2, -0.15) is 0 Å². The van der Waals surface area contributed by atoms with E-state index in [9.17, 15) is 5.11 Å². The van der Waals surface area contributed by atoms with Crippen LogP contribution >= 0.6 is 0 Å². The molecule has 0 aliphatic heterocycles. The van der Waals surface area contributed by atoms with Crippen LogP contribution in [0, 0.1) is 0 Å². The highest BCUT2D eigenvalue weighted by Crippen LogP contribution is 2.21. The molecule has 0 amide bonds. The van der Waals surface area contributed by atoms with Crippen molar-refractivity contribution in [2.75, 3.05) is 0 Å². The first kappa shape index (κ1) is 9.02. The van der Waals surface area contributed by atoms with Gasteiger partial charge in [-0.1, -0.05) is 0 Å². The topological polar surface area (TPSA) is 51.2 Å². The maximum Gasteiger partial charge on any atom is 0.153 e. The molecule has 0 aromatic carbocycles. The molecule has 0 aliphatic rings. The standard InChI is InChI=1S/C10H12N2O2/c1-2-12-7-11-6-8(12)10(13)9-4-3-5-14-9/h3-7,10,13H,2H2,1H3. The summed E-state index contributed by atoms with van der Waals surface area (Å²) in [5.74, 6) is 0.542. The highest BCUT2D eigenvalue weighted by Gasteiger charge is 2.16. The molecule has 0 radical (unpaired) electrons. The Morgan fingerprint density at radius 1 is 1.64 bits per heavy atom. The SMILES string of the molecule is CCn1cncc1C(O)c1ccco1. The first-order valence-electron chi connectivity index (χ1n) is 4.54. The molecule has 2 heterocycles. The lowest BCUT2D eigenvalue weighted by atomic mass is 10.2. The number of imidazole rings is 1. The van der Waals surface area contributed by atoms with Crippen molar-refractivity contribution in [3.8, 4) is 0 Å². The predicted octanol–water partition coefficient (Wildman–Crippen LogP) is 1.58. The molecule has 1 N–H and O–H groups in total. The summed E-state index contributed by atoms with van der Waals surface area (Å²) in [6.07, 6.45) is 4.16. The molecule has 0 bridgehead atoms. The van der Waals surface area contributed by atoms with Gasteiger partial charge in [0, 0.05) is 6.54 Å². The van der Waals surface area contributed by atoms with Gasteiger partial charge in [-0.05, 0) is 19.1 Å². The molecule has 1 atom stereocenters. The van der Waals surface area contributed by atoms with E-state index in [0.29, 0.717) is 5.76 Å². The minimum Gasteiger partial charge on any atom is -0.466 e. The zero-order valence-corrected chi connectivity index (χ0v) is 7.92. The van der Waals surface area contributed by atoms with Crippen LogP contribution < -0.4 is 0 Å². The summed E-state index contributed by atoms with van der Waals surface area (Å²) in [5, 5.41) is 9.93. The largest absolute Gasteiger partial charge is 0.466 e. The number of aryl methyl sites for hydroxylation is 1. The van der Waals surface area contributed by atoms with E-state index in [-0.39, 0.29) is 0 Å². The molecule has 0 saturated heterocycles. The molecule has 0 fully saturated rings. The van der Waals surface area contributed by atoms with Crippen molar-refractivity contribution in [1.29, 1.82) is 0 Å². The lowest BCUT2D eigenvalue weighted by molar-refractivity contribution is 0.180. The minimum absolute atomic E-state index is 0.542. The van der Waals surface area contributed by atoms with Gasteiger partial charge in [-0.3, -0.25) is 0 Å². The number of hydrogen-bond donors (Lipinski definition) is 1. The van der Waals surface area contributed by atoms with Gasteiger partial charge < -0.3 is 14.1 Å². The molecule has 14 heavy (non-hydrogen) atoms. The summed E-state index contributed by atoms with van der Waals surface area (Å²) in [6, 6.07) is 3.50. The Labute approximate surface area is 81.8 Å². The van der Waals surface area contributed by atoms with Gasteiger partial charge in [0.25, 0.3) is 0 Å². The molecule has 2 rings (SSSR count). The molecule has 2 aromatic rings. The van der Waals surface area contributed by atoms with E-state index in [2.05, 4.69) is 4.98 Å². The summed E-state index contributed by atoms with van der Waals surface area (Å²) in [6.45, 7) is 2.78. The van der Waals surface area contributed by atoms with Crippen molar-refractivity contribution in [3.63, 3.8) is 0 Å². The van der Waals surface area contributed by atoms with Gasteiger partial charge >= 0.3 is 0 Å². The van der Waals surface area contributed by atoms with Crippen molar-refractivity contribution in [1.82, 2.24) is 9.55 Å². The van der Waals surface area contributed by atoms with Gasteiger partial charge in [0.1, 0.15) is 5.76 Å². The number of aliphatic hydroxyl groups is 1.